The number of benzene rings is 2. The van der Waals surface area contributed by atoms with E-state index in [1.165, 1.54) is 19.9 Å². The molecule has 2 rings (SSSR count). The Bertz CT molecular complexity index is 953. The van der Waals surface area contributed by atoms with Crippen LogP contribution in [0.1, 0.15) is 25.0 Å². The van der Waals surface area contributed by atoms with Crippen molar-refractivity contribution in [2.45, 2.75) is 26.2 Å². The predicted octanol–water partition coefficient (Wildman–Crippen LogP) is 6.61. The van der Waals surface area contributed by atoms with E-state index in [4.69, 9.17) is 14.8 Å². The van der Waals surface area contributed by atoms with Crippen LogP contribution in [0.5, 0.6) is 0 Å². The van der Waals surface area contributed by atoms with E-state index in [9.17, 15) is 30.9 Å². The van der Waals surface area contributed by atoms with Gasteiger partial charge in [0.15, 0.2) is 0 Å². The molecule has 2 aromatic carbocycles. The summed E-state index contributed by atoms with van der Waals surface area (Å²) in [6.45, 7) is 3.03. The molecule has 172 valence electrons. The minimum atomic E-state index is -4.88. The third-order valence-electron chi connectivity index (χ3n) is 4.13. The number of hydrogen-bond donors (Lipinski definition) is 2. The van der Waals surface area contributed by atoms with E-state index in [2.05, 4.69) is 5.32 Å². The molecule has 3 N–H and O–H groups in total. The van der Waals surface area contributed by atoms with Gasteiger partial charge in [-0.3, -0.25) is 4.57 Å². The second kappa shape index (κ2) is 9.50. The summed E-state index contributed by atoms with van der Waals surface area (Å²) in [4.78, 5) is 0. The van der Waals surface area contributed by atoms with Crippen LogP contribution < -0.4 is 11.1 Å². The lowest BCUT2D eigenvalue weighted by Gasteiger charge is -2.22. The van der Waals surface area contributed by atoms with Crippen LogP contribution in [0.15, 0.2) is 36.4 Å². The minimum Gasteiger partial charge on any atom is -0.398 e. The largest absolute Gasteiger partial charge is 0.418 e. The molecule has 12 heteroatoms. The van der Waals surface area contributed by atoms with Crippen molar-refractivity contribution in [1.82, 2.24) is 0 Å². The molecule has 0 saturated carbocycles. The lowest BCUT2D eigenvalue weighted by atomic mass is 9.95. The van der Waals surface area contributed by atoms with Crippen LogP contribution in [0.2, 0.25) is 0 Å². The molecular formula is C19H21F6N2O3P. The highest BCUT2D eigenvalue weighted by atomic mass is 31.2. The summed E-state index contributed by atoms with van der Waals surface area (Å²) in [5.74, 6) is 0. The zero-order valence-electron chi connectivity index (χ0n) is 16.6. The van der Waals surface area contributed by atoms with Crippen LogP contribution in [-0.2, 0) is 26.0 Å². The first-order valence-corrected chi connectivity index (χ1v) is 10.8. The van der Waals surface area contributed by atoms with E-state index >= 15 is 0 Å². The maximum Gasteiger partial charge on any atom is 0.418 e. The average Bonchev–Trinajstić information content (AvgIpc) is 2.66. The lowest BCUT2D eigenvalue weighted by Crippen LogP contribution is -2.15. The van der Waals surface area contributed by atoms with E-state index < -0.39 is 48.7 Å². The maximum absolute atomic E-state index is 13.5. The van der Waals surface area contributed by atoms with Crippen LogP contribution in [0.4, 0.5) is 37.7 Å². The van der Waals surface area contributed by atoms with Crippen molar-refractivity contribution in [3.63, 3.8) is 0 Å². The molecule has 0 unspecified atom stereocenters. The summed E-state index contributed by atoms with van der Waals surface area (Å²) in [6, 6.07) is 5.77. The fourth-order valence-corrected chi connectivity index (χ4v) is 4.31. The third-order valence-corrected chi connectivity index (χ3v) is 5.98. The number of alkyl halides is 6. The second-order valence-corrected chi connectivity index (χ2v) is 8.36. The van der Waals surface area contributed by atoms with Crippen LogP contribution in [-0.4, -0.2) is 19.5 Å². The van der Waals surface area contributed by atoms with Crippen molar-refractivity contribution in [2.24, 2.45) is 0 Å². The third kappa shape index (κ3) is 6.15. The van der Waals surface area contributed by atoms with Gasteiger partial charge in [0, 0.05) is 16.9 Å². The molecule has 0 aliphatic heterocycles. The summed E-state index contributed by atoms with van der Waals surface area (Å²) >= 11 is 0. The second-order valence-electron chi connectivity index (χ2n) is 6.31. The fraction of sp³-hybridized carbons (Fsp3) is 0.368. The Hall–Kier alpha value is -2.23. The molecule has 2 aromatic rings. The first-order valence-electron chi connectivity index (χ1n) is 9.11. The van der Waals surface area contributed by atoms with Crippen molar-refractivity contribution in [1.29, 1.82) is 0 Å². The van der Waals surface area contributed by atoms with Gasteiger partial charge in [0.05, 0.1) is 24.3 Å². The van der Waals surface area contributed by atoms with Gasteiger partial charge in [0.25, 0.3) is 0 Å². The highest BCUT2D eigenvalue weighted by Crippen LogP contribution is 2.49. The molecule has 0 aromatic heterocycles. The van der Waals surface area contributed by atoms with Gasteiger partial charge in [-0.1, -0.05) is 18.2 Å². The van der Waals surface area contributed by atoms with Crippen molar-refractivity contribution in [3.8, 4) is 11.1 Å². The Morgan fingerprint density at radius 3 is 1.97 bits per heavy atom. The van der Waals surface area contributed by atoms with E-state index in [1.807, 2.05) is 0 Å². The quantitative estimate of drug-likeness (QED) is 0.258. The van der Waals surface area contributed by atoms with Gasteiger partial charge < -0.3 is 20.1 Å². The van der Waals surface area contributed by atoms with E-state index in [-0.39, 0.29) is 24.3 Å². The number of halogens is 6. The Morgan fingerprint density at radius 2 is 1.45 bits per heavy atom. The van der Waals surface area contributed by atoms with Gasteiger partial charge in [-0.05, 0) is 37.6 Å². The maximum atomic E-state index is 13.5. The van der Waals surface area contributed by atoms with Gasteiger partial charge in [0.2, 0.25) is 0 Å². The summed E-state index contributed by atoms with van der Waals surface area (Å²) in [6.07, 6.45) is -10.2. The molecule has 31 heavy (non-hydrogen) atoms. The zero-order chi connectivity index (χ0) is 23.4. The Balaban J connectivity index is 2.60. The molecular weight excluding hydrogens is 449 g/mol. The number of rotatable bonds is 8. The van der Waals surface area contributed by atoms with Crippen molar-refractivity contribution < 1.29 is 40.0 Å². The molecule has 0 saturated heterocycles. The van der Waals surface area contributed by atoms with Gasteiger partial charge in [-0.25, -0.2) is 0 Å². The van der Waals surface area contributed by atoms with Crippen molar-refractivity contribution in [3.05, 3.63) is 47.5 Å². The number of anilines is 2. The smallest absolute Gasteiger partial charge is 0.398 e. The minimum absolute atomic E-state index is 0.0168. The number of nitrogens with two attached hydrogens (primary N) is 1. The van der Waals surface area contributed by atoms with Crippen LogP contribution >= 0.6 is 7.60 Å². The average molecular weight is 470 g/mol. The molecule has 0 spiro atoms. The normalized spacial score (nSPS) is 12.8. The predicted molar refractivity (Wildman–Crippen MR) is 106 cm³/mol. The van der Waals surface area contributed by atoms with Crippen LogP contribution in [0.25, 0.3) is 11.1 Å². The molecule has 0 amide bonds. The zero-order valence-corrected chi connectivity index (χ0v) is 17.5. The Labute approximate surface area is 175 Å². The van der Waals surface area contributed by atoms with Crippen LogP contribution in [0.3, 0.4) is 0 Å². The molecule has 5 nitrogen and oxygen atoms in total. The fourth-order valence-electron chi connectivity index (χ4n) is 2.90. The number of nitrogens with one attached hydrogen (secondary N) is 1. The van der Waals surface area contributed by atoms with E-state index in [0.29, 0.717) is 6.07 Å². The molecule has 0 heterocycles. The topological polar surface area (TPSA) is 73.6 Å². The first-order chi connectivity index (χ1) is 14.3. The summed E-state index contributed by atoms with van der Waals surface area (Å²) in [5.41, 5.74) is 1.69. The summed E-state index contributed by atoms with van der Waals surface area (Å²) in [7, 11) is -3.78. The first kappa shape index (κ1) is 25.0. The molecule has 0 aliphatic rings. The number of nitrogen functional groups attached to an aromatic ring is 1. The van der Waals surface area contributed by atoms with E-state index in [1.54, 1.807) is 0 Å². The van der Waals surface area contributed by atoms with Crippen molar-refractivity contribution in [2.75, 3.05) is 30.6 Å². The highest BCUT2D eigenvalue weighted by Gasteiger charge is 2.37. The van der Waals surface area contributed by atoms with Gasteiger partial charge in [-0.15, -0.1) is 0 Å². The monoisotopic (exact) mass is 470 g/mol. The number of hydrogen-bond acceptors (Lipinski definition) is 5. The molecule has 0 fully saturated rings. The molecule has 0 aliphatic carbocycles. The van der Waals surface area contributed by atoms with Crippen molar-refractivity contribution >= 4 is 19.0 Å². The van der Waals surface area contributed by atoms with Crippen LogP contribution in [0, 0.1) is 0 Å². The van der Waals surface area contributed by atoms with Gasteiger partial charge in [0.1, 0.15) is 6.29 Å². The Kier molecular flexibility index (Phi) is 7.67. The van der Waals surface area contributed by atoms with Gasteiger partial charge in [-0.2, -0.15) is 26.3 Å². The molecule has 0 bridgehead atoms. The van der Waals surface area contributed by atoms with Gasteiger partial charge >= 0.3 is 19.9 Å². The SMILES string of the molecule is CCOP(=O)(CNc1cc(-c2ccccc2C(F)(F)F)c(N)cc1C(F)(F)F)OCC. The summed E-state index contributed by atoms with van der Waals surface area (Å²) < 4.78 is 103. The Morgan fingerprint density at radius 1 is 0.903 bits per heavy atom. The standard InChI is InChI=1S/C19H21F6N2O3P/c1-3-29-31(28,30-4-2)11-27-17-9-13(16(26)10-15(17)19(23,24)25)12-7-5-6-8-14(12)18(20,21)22/h5-10,27H,3-4,11,26H2,1-2H3. The molecule has 0 radical (unpaired) electrons. The molecule has 0 atom stereocenters. The van der Waals surface area contributed by atoms with E-state index in [0.717, 1.165) is 24.3 Å². The summed E-state index contributed by atoms with van der Waals surface area (Å²) in [5, 5.41) is 2.36. The highest BCUT2D eigenvalue weighted by molar-refractivity contribution is 7.53. The lowest BCUT2D eigenvalue weighted by molar-refractivity contribution is -0.138.